The number of primary amides is 1. The number of benzene rings is 1. The first-order chi connectivity index (χ1) is 8.53. The van der Waals surface area contributed by atoms with Crippen LogP contribution < -0.4 is 16.2 Å². The SMILES string of the molecule is CC(C)(O)CNS(=O)(=O)c1ccc(C(N)=O)cc1N. The first-order valence-corrected chi connectivity index (χ1v) is 6.92. The third-order valence-electron chi connectivity index (χ3n) is 2.28. The second-order valence-corrected chi connectivity index (χ2v) is 6.49. The molecule has 1 amide bonds. The number of aliphatic hydroxyl groups is 1. The van der Waals surface area contributed by atoms with E-state index in [-0.39, 0.29) is 22.7 Å². The van der Waals surface area contributed by atoms with Crippen molar-refractivity contribution in [1.82, 2.24) is 4.72 Å². The Morgan fingerprint density at radius 1 is 1.42 bits per heavy atom. The van der Waals surface area contributed by atoms with Crippen LogP contribution in [0.25, 0.3) is 0 Å². The molecule has 0 aromatic heterocycles. The summed E-state index contributed by atoms with van der Waals surface area (Å²) in [7, 11) is -3.85. The molecule has 8 heteroatoms. The zero-order valence-electron chi connectivity index (χ0n) is 10.7. The summed E-state index contributed by atoms with van der Waals surface area (Å²) in [6.45, 7) is 2.77. The van der Waals surface area contributed by atoms with Gasteiger partial charge in [-0.15, -0.1) is 0 Å². The summed E-state index contributed by atoms with van der Waals surface area (Å²) in [6, 6.07) is 3.67. The van der Waals surface area contributed by atoms with Crippen LogP contribution in [0.3, 0.4) is 0 Å². The largest absolute Gasteiger partial charge is 0.398 e. The average molecular weight is 287 g/mol. The monoisotopic (exact) mass is 287 g/mol. The minimum atomic E-state index is -3.85. The number of hydrogen-bond donors (Lipinski definition) is 4. The van der Waals surface area contributed by atoms with Gasteiger partial charge in [-0.3, -0.25) is 4.79 Å². The van der Waals surface area contributed by atoms with Gasteiger partial charge in [-0.2, -0.15) is 0 Å². The second kappa shape index (κ2) is 5.16. The van der Waals surface area contributed by atoms with E-state index in [1.807, 2.05) is 0 Å². The highest BCUT2D eigenvalue weighted by Crippen LogP contribution is 2.19. The van der Waals surface area contributed by atoms with Crippen molar-refractivity contribution in [2.24, 2.45) is 5.73 Å². The molecule has 19 heavy (non-hydrogen) atoms. The number of nitrogen functional groups attached to an aromatic ring is 1. The molecule has 106 valence electrons. The van der Waals surface area contributed by atoms with Crippen LogP contribution >= 0.6 is 0 Å². The molecule has 7 nitrogen and oxygen atoms in total. The number of sulfonamides is 1. The van der Waals surface area contributed by atoms with Gasteiger partial charge < -0.3 is 16.6 Å². The van der Waals surface area contributed by atoms with Gasteiger partial charge in [-0.05, 0) is 32.0 Å². The van der Waals surface area contributed by atoms with Crippen LogP contribution in [0.5, 0.6) is 0 Å². The highest BCUT2D eigenvalue weighted by atomic mass is 32.2. The standard InChI is InChI=1S/C11H17N3O4S/c1-11(2,16)6-14-19(17,18)9-4-3-7(10(13)15)5-8(9)12/h3-5,14,16H,6,12H2,1-2H3,(H2,13,15). The average Bonchev–Trinajstić information content (AvgIpc) is 2.25. The summed E-state index contributed by atoms with van der Waals surface area (Å²) < 4.78 is 26.2. The quantitative estimate of drug-likeness (QED) is 0.537. The Hall–Kier alpha value is -1.64. The second-order valence-electron chi connectivity index (χ2n) is 4.75. The Labute approximate surface area is 111 Å². The van der Waals surface area contributed by atoms with Crippen LogP contribution in [0.1, 0.15) is 24.2 Å². The van der Waals surface area contributed by atoms with E-state index in [1.54, 1.807) is 0 Å². The van der Waals surface area contributed by atoms with Gasteiger partial charge in [-0.1, -0.05) is 0 Å². The number of carbonyl (C=O) groups excluding carboxylic acids is 1. The molecule has 1 aromatic carbocycles. The van der Waals surface area contributed by atoms with Crippen molar-refractivity contribution in [1.29, 1.82) is 0 Å². The number of carbonyl (C=O) groups is 1. The van der Waals surface area contributed by atoms with Gasteiger partial charge in [0.2, 0.25) is 15.9 Å². The zero-order valence-corrected chi connectivity index (χ0v) is 11.5. The van der Waals surface area contributed by atoms with Crippen molar-refractivity contribution >= 4 is 21.6 Å². The van der Waals surface area contributed by atoms with Crippen LogP contribution in [0.2, 0.25) is 0 Å². The molecule has 0 spiro atoms. The Morgan fingerprint density at radius 2 is 2.00 bits per heavy atom. The number of amides is 1. The summed E-state index contributed by atoms with van der Waals surface area (Å²) >= 11 is 0. The molecular weight excluding hydrogens is 270 g/mol. The number of hydrogen-bond acceptors (Lipinski definition) is 5. The third-order valence-corrected chi connectivity index (χ3v) is 3.75. The zero-order chi connectivity index (χ0) is 14.8. The Balaban J connectivity index is 3.06. The summed E-state index contributed by atoms with van der Waals surface area (Å²) in [6.07, 6.45) is 0. The van der Waals surface area contributed by atoms with Gasteiger partial charge >= 0.3 is 0 Å². The third kappa shape index (κ3) is 4.19. The molecule has 0 heterocycles. The van der Waals surface area contributed by atoms with Crippen LogP contribution in [-0.4, -0.2) is 31.6 Å². The van der Waals surface area contributed by atoms with E-state index >= 15 is 0 Å². The van der Waals surface area contributed by atoms with E-state index in [1.165, 1.54) is 32.0 Å². The molecule has 0 aliphatic rings. The van der Waals surface area contributed by atoms with E-state index in [9.17, 15) is 18.3 Å². The van der Waals surface area contributed by atoms with Gasteiger partial charge in [0.15, 0.2) is 0 Å². The maximum atomic E-state index is 12.0. The summed E-state index contributed by atoms with van der Waals surface area (Å²) in [5.74, 6) is -0.694. The van der Waals surface area contributed by atoms with Crippen molar-refractivity contribution < 1.29 is 18.3 Å². The first-order valence-electron chi connectivity index (χ1n) is 5.44. The fourth-order valence-corrected chi connectivity index (χ4v) is 2.61. The van der Waals surface area contributed by atoms with Gasteiger partial charge in [-0.25, -0.2) is 13.1 Å². The molecule has 6 N–H and O–H groups in total. The highest BCUT2D eigenvalue weighted by molar-refractivity contribution is 7.89. The molecule has 0 radical (unpaired) electrons. The van der Waals surface area contributed by atoms with Gasteiger partial charge in [0, 0.05) is 12.1 Å². The maximum Gasteiger partial charge on any atom is 0.248 e. The first kappa shape index (κ1) is 15.4. The Morgan fingerprint density at radius 3 is 2.42 bits per heavy atom. The molecule has 0 unspecified atom stereocenters. The fraction of sp³-hybridized carbons (Fsp3) is 0.364. The highest BCUT2D eigenvalue weighted by Gasteiger charge is 2.22. The van der Waals surface area contributed by atoms with Crippen molar-refractivity contribution in [3.63, 3.8) is 0 Å². The Bertz CT molecular complexity index is 590. The van der Waals surface area contributed by atoms with Crippen molar-refractivity contribution in [3.8, 4) is 0 Å². The van der Waals surface area contributed by atoms with Crippen molar-refractivity contribution in [2.45, 2.75) is 24.3 Å². The molecule has 0 bridgehead atoms. The Kier molecular flexibility index (Phi) is 4.18. The van der Waals surface area contributed by atoms with E-state index in [4.69, 9.17) is 11.5 Å². The lowest BCUT2D eigenvalue weighted by Crippen LogP contribution is -2.38. The van der Waals surface area contributed by atoms with Gasteiger partial charge in [0.25, 0.3) is 0 Å². The predicted octanol–water partition coefficient (Wildman–Crippen LogP) is -0.583. The minimum Gasteiger partial charge on any atom is -0.398 e. The molecule has 0 atom stereocenters. The maximum absolute atomic E-state index is 12.0. The van der Waals surface area contributed by atoms with E-state index in [2.05, 4.69) is 4.72 Å². The minimum absolute atomic E-state index is 0.0838. The van der Waals surface area contributed by atoms with Crippen LogP contribution in [0.15, 0.2) is 23.1 Å². The smallest absolute Gasteiger partial charge is 0.248 e. The number of rotatable bonds is 5. The number of anilines is 1. The predicted molar refractivity (Wildman–Crippen MR) is 70.9 cm³/mol. The van der Waals surface area contributed by atoms with E-state index in [0.717, 1.165) is 0 Å². The van der Waals surface area contributed by atoms with Gasteiger partial charge in [0.05, 0.1) is 11.3 Å². The molecule has 0 aliphatic carbocycles. The molecule has 0 saturated carbocycles. The summed E-state index contributed by atoms with van der Waals surface area (Å²) in [4.78, 5) is 10.8. The molecule has 0 aliphatic heterocycles. The topological polar surface area (TPSA) is 136 Å². The molecule has 0 fully saturated rings. The summed E-state index contributed by atoms with van der Waals surface area (Å²) in [5.41, 5.74) is 9.51. The van der Waals surface area contributed by atoms with Crippen LogP contribution in [0.4, 0.5) is 5.69 Å². The summed E-state index contributed by atoms with van der Waals surface area (Å²) in [5, 5.41) is 9.49. The lowest BCUT2D eigenvalue weighted by Gasteiger charge is -2.18. The number of nitrogens with two attached hydrogens (primary N) is 2. The van der Waals surface area contributed by atoms with E-state index in [0.29, 0.717) is 0 Å². The molecule has 1 aromatic rings. The lowest BCUT2D eigenvalue weighted by molar-refractivity contribution is 0.0857. The normalized spacial score (nSPS) is 12.4. The van der Waals surface area contributed by atoms with Crippen molar-refractivity contribution in [3.05, 3.63) is 23.8 Å². The van der Waals surface area contributed by atoms with Crippen LogP contribution in [0, 0.1) is 0 Å². The fourth-order valence-electron chi connectivity index (χ4n) is 1.30. The van der Waals surface area contributed by atoms with E-state index < -0.39 is 21.5 Å². The molecule has 0 saturated heterocycles. The molecule has 1 rings (SSSR count). The number of nitrogens with one attached hydrogen (secondary N) is 1. The van der Waals surface area contributed by atoms with Crippen molar-refractivity contribution in [2.75, 3.05) is 12.3 Å². The lowest BCUT2D eigenvalue weighted by atomic mass is 10.1. The molecular formula is C11H17N3O4S. The van der Waals surface area contributed by atoms with Crippen LogP contribution in [-0.2, 0) is 10.0 Å². The van der Waals surface area contributed by atoms with Gasteiger partial charge in [0.1, 0.15) is 4.90 Å².